The third-order valence-electron chi connectivity index (χ3n) is 2.78. The number of ether oxygens (including phenoxy) is 4. The number of alkyl halides is 8. The van der Waals surface area contributed by atoms with Gasteiger partial charge < -0.3 is 14.6 Å². The third-order valence-corrected chi connectivity index (χ3v) is 2.78. The van der Waals surface area contributed by atoms with Gasteiger partial charge in [-0.15, -0.1) is 8.78 Å². The second kappa shape index (κ2) is 7.62. The van der Waals surface area contributed by atoms with Crippen LogP contribution in [0.2, 0.25) is 0 Å². The maximum absolute atomic E-state index is 13.6. The standard InChI is InChI=1S/C12H12F8O6/c1-2-6(22)23-4-9(13,14)7-8(25-7)10(15,16)5-24-12(19,20)26-11(17,18)3-21/h2,7-8,21H,1,3-5H2. The molecule has 0 aromatic carbocycles. The van der Waals surface area contributed by atoms with Crippen LogP contribution in [0.1, 0.15) is 0 Å². The van der Waals surface area contributed by atoms with Crippen LogP contribution in [0.4, 0.5) is 35.1 Å². The summed E-state index contributed by atoms with van der Waals surface area (Å²) in [7, 11) is 0. The molecule has 0 amide bonds. The first-order chi connectivity index (χ1) is 11.7. The van der Waals surface area contributed by atoms with Crippen LogP contribution < -0.4 is 0 Å². The molecule has 0 radical (unpaired) electrons. The van der Waals surface area contributed by atoms with Gasteiger partial charge in [-0.05, 0) is 0 Å². The summed E-state index contributed by atoms with van der Waals surface area (Å²) >= 11 is 0. The molecule has 0 bridgehead atoms. The molecule has 2 unspecified atom stereocenters. The van der Waals surface area contributed by atoms with Crippen LogP contribution in [0.5, 0.6) is 0 Å². The monoisotopic (exact) mass is 404 g/mol. The van der Waals surface area contributed by atoms with Crippen LogP contribution in [-0.4, -0.2) is 67.4 Å². The Hall–Kier alpha value is -1.51. The number of esters is 1. The molecule has 2 atom stereocenters. The van der Waals surface area contributed by atoms with Gasteiger partial charge in [-0.2, -0.15) is 17.6 Å². The molecular formula is C12H12F8O6. The Kier molecular flexibility index (Phi) is 6.60. The molecule has 1 aliphatic heterocycles. The minimum Gasteiger partial charge on any atom is -0.456 e. The van der Waals surface area contributed by atoms with Gasteiger partial charge in [0.1, 0.15) is 13.2 Å². The fourth-order valence-electron chi connectivity index (χ4n) is 1.56. The summed E-state index contributed by atoms with van der Waals surface area (Å²) in [6, 6.07) is 0. The van der Waals surface area contributed by atoms with Crippen molar-refractivity contribution in [2.75, 3.05) is 19.8 Å². The van der Waals surface area contributed by atoms with Gasteiger partial charge in [0.2, 0.25) is 0 Å². The van der Waals surface area contributed by atoms with Crippen LogP contribution in [0, 0.1) is 0 Å². The lowest BCUT2D eigenvalue weighted by Crippen LogP contribution is -2.43. The predicted molar refractivity (Wildman–Crippen MR) is 63.7 cm³/mol. The van der Waals surface area contributed by atoms with Gasteiger partial charge in [-0.25, -0.2) is 18.3 Å². The molecule has 0 aromatic rings. The van der Waals surface area contributed by atoms with Gasteiger partial charge in [0.05, 0.1) is 0 Å². The summed E-state index contributed by atoms with van der Waals surface area (Å²) in [6.45, 7) is -3.23. The number of rotatable bonds is 11. The second-order valence-corrected chi connectivity index (χ2v) is 4.96. The number of halogens is 8. The molecule has 1 aliphatic rings. The molecule has 0 aliphatic carbocycles. The molecule has 1 rings (SSSR count). The van der Waals surface area contributed by atoms with Crippen molar-refractivity contribution in [3.05, 3.63) is 12.7 Å². The largest absolute Gasteiger partial charge is 0.490 e. The maximum Gasteiger partial charge on any atom is 0.490 e. The first kappa shape index (κ1) is 22.5. The number of hydrogen-bond donors (Lipinski definition) is 1. The summed E-state index contributed by atoms with van der Waals surface area (Å²) in [6.07, 6.45) is -14.6. The molecule has 6 nitrogen and oxygen atoms in total. The Balaban J connectivity index is 2.59. The molecule has 26 heavy (non-hydrogen) atoms. The van der Waals surface area contributed by atoms with Gasteiger partial charge in [0.15, 0.2) is 18.8 Å². The van der Waals surface area contributed by atoms with E-state index in [4.69, 9.17) is 5.11 Å². The molecule has 0 saturated carbocycles. The lowest BCUT2D eigenvalue weighted by Gasteiger charge is -2.23. The van der Waals surface area contributed by atoms with Crippen molar-refractivity contribution in [3.63, 3.8) is 0 Å². The van der Waals surface area contributed by atoms with Crippen LogP contribution in [-0.2, 0) is 23.7 Å². The van der Waals surface area contributed by atoms with Crippen molar-refractivity contribution in [1.29, 1.82) is 0 Å². The van der Waals surface area contributed by atoms with Gasteiger partial charge >= 0.3 is 24.3 Å². The summed E-state index contributed by atoms with van der Waals surface area (Å²) in [4.78, 5) is 10.7. The molecule has 1 N–H and O–H groups in total. The molecule has 0 spiro atoms. The highest BCUT2D eigenvalue weighted by Crippen LogP contribution is 2.45. The summed E-state index contributed by atoms with van der Waals surface area (Å²) in [5, 5.41) is 8.06. The minimum atomic E-state index is -5.25. The van der Waals surface area contributed by atoms with E-state index in [0.717, 1.165) is 0 Å². The molecule has 152 valence electrons. The van der Waals surface area contributed by atoms with Crippen LogP contribution in [0.25, 0.3) is 0 Å². The van der Waals surface area contributed by atoms with E-state index in [1.54, 1.807) is 0 Å². The Labute approximate surface area is 140 Å². The third kappa shape index (κ3) is 6.34. The highest BCUT2D eigenvalue weighted by molar-refractivity contribution is 5.81. The molecule has 0 aromatic heterocycles. The van der Waals surface area contributed by atoms with E-state index < -0.39 is 62.2 Å². The number of epoxide rings is 1. The Morgan fingerprint density at radius 2 is 1.54 bits per heavy atom. The first-order valence-corrected chi connectivity index (χ1v) is 6.57. The molecule has 1 heterocycles. The van der Waals surface area contributed by atoms with Crippen molar-refractivity contribution < 1.29 is 64.0 Å². The summed E-state index contributed by atoms with van der Waals surface area (Å²) < 4.78 is 119. The SMILES string of the molecule is C=CC(=O)OCC(F)(F)C1OC1C(F)(F)COC(F)(F)OC(F)(F)CO. The number of carbonyl (C=O) groups excluding carboxylic acids is 1. The molecule has 1 saturated heterocycles. The lowest BCUT2D eigenvalue weighted by molar-refractivity contribution is -0.475. The number of aliphatic hydroxyl groups excluding tert-OH is 1. The predicted octanol–water partition coefficient (Wildman–Crippen LogP) is 1.92. The van der Waals surface area contributed by atoms with Crippen LogP contribution >= 0.6 is 0 Å². The quantitative estimate of drug-likeness (QED) is 0.187. The Bertz CT molecular complexity index is 526. The van der Waals surface area contributed by atoms with E-state index in [0.29, 0.717) is 6.08 Å². The highest BCUT2D eigenvalue weighted by atomic mass is 19.3. The first-order valence-electron chi connectivity index (χ1n) is 6.57. The maximum atomic E-state index is 13.6. The molecular weight excluding hydrogens is 392 g/mol. The van der Waals surface area contributed by atoms with Gasteiger partial charge in [-0.1, -0.05) is 6.58 Å². The van der Waals surface area contributed by atoms with E-state index in [9.17, 15) is 39.9 Å². The van der Waals surface area contributed by atoms with Gasteiger partial charge in [0.25, 0.3) is 5.92 Å². The number of aliphatic hydroxyl groups is 1. The topological polar surface area (TPSA) is 77.5 Å². The summed E-state index contributed by atoms with van der Waals surface area (Å²) in [5.41, 5.74) is 0. The average Bonchev–Trinajstić information content (AvgIpc) is 3.32. The van der Waals surface area contributed by atoms with Gasteiger partial charge in [-0.3, -0.25) is 4.74 Å². The van der Waals surface area contributed by atoms with Gasteiger partial charge in [0, 0.05) is 6.08 Å². The lowest BCUT2D eigenvalue weighted by atomic mass is 10.1. The van der Waals surface area contributed by atoms with Crippen LogP contribution in [0.15, 0.2) is 12.7 Å². The second-order valence-electron chi connectivity index (χ2n) is 4.96. The normalized spacial score (nSPS) is 21.4. The van der Waals surface area contributed by atoms with Crippen molar-refractivity contribution >= 4 is 5.97 Å². The highest BCUT2D eigenvalue weighted by Gasteiger charge is 2.67. The van der Waals surface area contributed by atoms with E-state index >= 15 is 0 Å². The zero-order valence-corrected chi connectivity index (χ0v) is 12.6. The van der Waals surface area contributed by atoms with Crippen molar-refractivity contribution in [3.8, 4) is 0 Å². The Morgan fingerprint density at radius 3 is 2.00 bits per heavy atom. The Morgan fingerprint density at radius 1 is 1.04 bits per heavy atom. The van der Waals surface area contributed by atoms with Crippen LogP contribution in [0.3, 0.4) is 0 Å². The van der Waals surface area contributed by atoms with Crippen molar-refractivity contribution in [2.24, 2.45) is 0 Å². The zero-order chi connectivity index (χ0) is 20.4. The van der Waals surface area contributed by atoms with E-state index in [1.165, 1.54) is 0 Å². The fourth-order valence-corrected chi connectivity index (χ4v) is 1.56. The summed E-state index contributed by atoms with van der Waals surface area (Å²) in [5.74, 6) is -9.80. The van der Waals surface area contributed by atoms with E-state index in [2.05, 4.69) is 25.5 Å². The number of hydrogen-bond acceptors (Lipinski definition) is 6. The molecule has 14 heteroatoms. The van der Waals surface area contributed by atoms with Crippen molar-refractivity contribution in [1.82, 2.24) is 0 Å². The van der Waals surface area contributed by atoms with Crippen molar-refractivity contribution in [2.45, 2.75) is 36.5 Å². The molecule has 1 fully saturated rings. The minimum absolute atomic E-state index is 0.536. The van der Waals surface area contributed by atoms with E-state index in [-0.39, 0.29) is 0 Å². The van der Waals surface area contributed by atoms with E-state index in [1.807, 2.05) is 0 Å². The number of carbonyl (C=O) groups is 1. The smallest absolute Gasteiger partial charge is 0.456 e. The average molecular weight is 404 g/mol. The zero-order valence-electron chi connectivity index (χ0n) is 12.6. The fraction of sp³-hybridized carbons (Fsp3) is 0.750.